The van der Waals surface area contributed by atoms with Crippen LogP contribution in [0.15, 0.2) is 24.7 Å². The molecule has 16 heteroatoms. The number of aromatic amines is 2. The van der Waals surface area contributed by atoms with E-state index < -0.39 is 30.7 Å². The summed E-state index contributed by atoms with van der Waals surface area (Å²) < 4.78 is 11.8. The highest BCUT2D eigenvalue weighted by Gasteiger charge is 2.54. The number of hydrogen-bond donors (Lipinski definition) is 5. The molecule has 2 saturated carbocycles. The predicted molar refractivity (Wildman–Crippen MR) is 212 cm³/mol. The van der Waals surface area contributed by atoms with Gasteiger partial charge in [0.1, 0.15) is 30.3 Å². The molecule has 7 unspecified atom stereocenters. The monoisotopic (exact) mass is 803 g/mol. The average molecular weight is 804 g/mol. The molecule has 4 aliphatic heterocycles. The molecule has 0 radical (unpaired) electrons. The van der Waals surface area contributed by atoms with Gasteiger partial charge in [0, 0.05) is 54.6 Å². The van der Waals surface area contributed by atoms with E-state index >= 15 is 0 Å². The third-order valence-electron chi connectivity index (χ3n) is 13.9. The molecule has 2 aromatic heterocycles. The molecule has 0 aromatic carbocycles. The summed E-state index contributed by atoms with van der Waals surface area (Å²) in [7, 11) is 1.31. The number of fused-ring (bicyclic) bond motifs is 2. The number of nitrogens with one attached hydrogen (secondary N) is 4. The summed E-state index contributed by atoms with van der Waals surface area (Å²) in [5.74, 6) is 1.41. The predicted octanol–water partition coefficient (Wildman–Crippen LogP) is 3.77. The fraction of sp³-hybridized carbons (Fsp3) is 0.714. The molecule has 0 spiro atoms. The van der Waals surface area contributed by atoms with Crippen molar-refractivity contribution in [2.45, 2.75) is 146 Å². The van der Waals surface area contributed by atoms with Crippen molar-refractivity contribution >= 4 is 23.8 Å². The number of ether oxygens (including phenoxy) is 2. The summed E-state index contributed by atoms with van der Waals surface area (Å²) in [5, 5.41) is 14.7. The maximum absolute atomic E-state index is 13.7. The lowest BCUT2D eigenvalue weighted by Crippen LogP contribution is -2.62. The van der Waals surface area contributed by atoms with Crippen LogP contribution < -0.4 is 10.6 Å². The molecular formula is C42H61N9O7. The van der Waals surface area contributed by atoms with Gasteiger partial charge in [-0.2, -0.15) is 0 Å². The summed E-state index contributed by atoms with van der Waals surface area (Å²) in [6.45, 7) is 8.22. The van der Waals surface area contributed by atoms with Crippen LogP contribution in [0.3, 0.4) is 0 Å². The van der Waals surface area contributed by atoms with E-state index in [0.717, 1.165) is 80.8 Å². The van der Waals surface area contributed by atoms with Gasteiger partial charge in [-0.1, -0.05) is 33.8 Å². The normalized spacial score (nSPS) is 31.3. The molecule has 11 atom stereocenters. The zero-order valence-electron chi connectivity index (χ0n) is 34.4. The minimum atomic E-state index is -0.705. The molecule has 8 rings (SSSR count). The van der Waals surface area contributed by atoms with Crippen molar-refractivity contribution in [3.05, 3.63) is 47.7 Å². The van der Waals surface area contributed by atoms with E-state index in [2.05, 4.69) is 37.8 Å². The van der Waals surface area contributed by atoms with Crippen LogP contribution in [0.5, 0.6) is 0 Å². The van der Waals surface area contributed by atoms with Gasteiger partial charge in [-0.05, 0) is 75.8 Å². The minimum absolute atomic E-state index is 0.0915. The van der Waals surface area contributed by atoms with Crippen molar-refractivity contribution in [3.63, 3.8) is 0 Å². The second-order valence-electron chi connectivity index (χ2n) is 18.0. The fourth-order valence-corrected chi connectivity index (χ4v) is 10.9. The summed E-state index contributed by atoms with van der Waals surface area (Å²) in [5.41, 5.74) is 2.19. The number of aliphatic hydroxyl groups is 1. The first kappa shape index (κ1) is 40.3. The average Bonchev–Trinajstić information content (AvgIpc) is 4.07. The minimum Gasteiger partial charge on any atom is -0.453 e. The van der Waals surface area contributed by atoms with Crippen LogP contribution in [0, 0.1) is 17.8 Å². The molecule has 16 nitrogen and oxygen atoms in total. The number of likely N-dealkylation sites (tertiary alicyclic amines) is 2. The lowest BCUT2D eigenvalue weighted by atomic mass is 9.71. The Bertz CT molecular complexity index is 1860. The Morgan fingerprint density at radius 3 is 2.09 bits per heavy atom. The van der Waals surface area contributed by atoms with Crippen LogP contribution in [-0.4, -0.2) is 127 Å². The number of imidazole rings is 2. The number of methoxy groups -OCH3 is 1. The standard InChI is InChI=1S/C42H61N9O7/c1-22(2)35(47-34(53)21-52)40(54)50-15-7-9-31(50)39-44-20-28(46-39)25-11-13-32-37-26(25)14-17-49(37)29-12-10-24(18-33(29)58-32)27-19-43-38(45-27)30-8-6-16-51(30)41(55)36(23(3)4)48-42(56)57-5/h14,17,19-20,22-26,29-33,35-37,52H,6-13,15-16,18,21H2,1-5H3,(H,43,45)(H,44,46)(H,47,53)(H,48,56)/t24?,25?,26?,29?,30-,31-,32?,33?,35-,36-,37?/m0/s1. The number of amides is 4. The molecular weight excluding hydrogens is 743 g/mol. The second-order valence-corrected chi connectivity index (χ2v) is 18.0. The third kappa shape index (κ3) is 7.50. The van der Waals surface area contributed by atoms with Crippen molar-refractivity contribution < 1.29 is 33.8 Å². The number of rotatable bonds is 11. The Kier molecular flexibility index (Phi) is 11.6. The van der Waals surface area contributed by atoms with Crippen LogP contribution in [0.1, 0.15) is 132 Å². The van der Waals surface area contributed by atoms with Crippen molar-refractivity contribution in [2.75, 3.05) is 26.8 Å². The first-order valence-electron chi connectivity index (χ1n) is 21.5. The van der Waals surface area contributed by atoms with Gasteiger partial charge < -0.3 is 49.9 Å². The molecule has 58 heavy (non-hydrogen) atoms. The zero-order valence-corrected chi connectivity index (χ0v) is 34.4. The lowest BCUT2D eigenvalue weighted by molar-refractivity contribution is -0.168. The molecule has 2 aliphatic carbocycles. The van der Waals surface area contributed by atoms with E-state index in [-0.39, 0.29) is 71.7 Å². The Hall–Kier alpha value is -4.44. The Morgan fingerprint density at radius 2 is 1.47 bits per heavy atom. The number of H-pyrrole nitrogens is 2. The molecule has 5 fully saturated rings. The molecule has 0 bridgehead atoms. The number of morpholine rings is 1. The number of hydrogen-bond acceptors (Lipinski definition) is 10. The van der Waals surface area contributed by atoms with Crippen molar-refractivity contribution in [1.82, 2.24) is 45.3 Å². The van der Waals surface area contributed by atoms with Crippen LogP contribution in [0.2, 0.25) is 0 Å². The Labute approximate surface area is 340 Å². The highest BCUT2D eigenvalue weighted by atomic mass is 16.5. The topological polar surface area (TPSA) is 198 Å². The second kappa shape index (κ2) is 16.7. The fourth-order valence-electron chi connectivity index (χ4n) is 10.9. The number of carbonyl (C=O) groups is 4. The highest BCUT2D eigenvalue weighted by Crippen LogP contribution is 2.51. The number of aliphatic hydroxyl groups excluding tert-OH is 1. The lowest BCUT2D eigenvalue weighted by Gasteiger charge is -2.54. The highest BCUT2D eigenvalue weighted by molar-refractivity contribution is 5.88. The number of alkyl carbamates (subject to hydrolysis) is 1. The number of nitrogens with zero attached hydrogens (tertiary/aromatic N) is 5. The van der Waals surface area contributed by atoms with Gasteiger partial charge in [-0.15, -0.1) is 0 Å². The number of carbonyl (C=O) groups excluding carboxylic acids is 4. The molecule has 2 aromatic rings. The van der Waals surface area contributed by atoms with Gasteiger partial charge in [0.25, 0.3) is 0 Å². The van der Waals surface area contributed by atoms with Gasteiger partial charge in [0.2, 0.25) is 17.7 Å². The van der Waals surface area contributed by atoms with E-state index in [1.165, 1.54) is 7.11 Å². The summed E-state index contributed by atoms with van der Waals surface area (Å²) >= 11 is 0. The van der Waals surface area contributed by atoms with Gasteiger partial charge in [-0.25, -0.2) is 14.8 Å². The molecule has 316 valence electrons. The molecule has 3 saturated heterocycles. The summed E-state index contributed by atoms with van der Waals surface area (Å²) in [4.78, 5) is 74.7. The van der Waals surface area contributed by atoms with Gasteiger partial charge >= 0.3 is 6.09 Å². The Balaban J connectivity index is 0.904. The largest absolute Gasteiger partial charge is 0.453 e. The van der Waals surface area contributed by atoms with Crippen molar-refractivity contribution in [2.24, 2.45) is 17.8 Å². The zero-order chi connectivity index (χ0) is 40.8. The number of aromatic nitrogens is 4. The molecule has 4 amide bonds. The Morgan fingerprint density at radius 1 is 0.845 bits per heavy atom. The van der Waals surface area contributed by atoms with E-state index in [1.807, 2.05) is 49.9 Å². The van der Waals surface area contributed by atoms with Crippen LogP contribution in [-0.2, 0) is 23.9 Å². The maximum atomic E-state index is 13.7. The third-order valence-corrected chi connectivity index (χ3v) is 13.9. The van der Waals surface area contributed by atoms with Crippen LogP contribution in [0.4, 0.5) is 4.79 Å². The van der Waals surface area contributed by atoms with Gasteiger partial charge in [0.05, 0.1) is 43.5 Å². The SMILES string of the molecule is COC(=O)N[C@H](C(=O)N1CCC[C@H]1c1ncc(C2CCC3C(C2)OC2CCC(c4cnc([C@@H]5CCCN5C(=O)[C@@H](NC(=O)CO)C(C)C)[nH]4)C4C=CN3C24)[nH]1)C(C)C. The van der Waals surface area contributed by atoms with Crippen LogP contribution >= 0.6 is 0 Å². The maximum Gasteiger partial charge on any atom is 0.407 e. The van der Waals surface area contributed by atoms with E-state index in [1.54, 1.807) is 0 Å². The van der Waals surface area contributed by atoms with E-state index in [9.17, 15) is 24.3 Å². The van der Waals surface area contributed by atoms with Gasteiger partial charge in [0.15, 0.2) is 0 Å². The first-order valence-corrected chi connectivity index (χ1v) is 21.5. The molecule has 5 N–H and O–H groups in total. The first-order chi connectivity index (χ1) is 28.0. The summed E-state index contributed by atoms with van der Waals surface area (Å²) in [6, 6.07) is -1.16. The van der Waals surface area contributed by atoms with Gasteiger partial charge in [-0.3, -0.25) is 14.4 Å². The van der Waals surface area contributed by atoms with Crippen molar-refractivity contribution in [1.29, 1.82) is 0 Å². The summed E-state index contributed by atoms with van der Waals surface area (Å²) in [6.07, 6.45) is 16.4. The molecule has 6 heterocycles. The smallest absolute Gasteiger partial charge is 0.407 e. The van der Waals surface area contributed by atoms with Crippen LogP contribution in [0.25, 0.3) is 0 Å². The van der Waals surface area contributed by atoms with Crippen molar-refractivity contribution in [3.8, 4) is 0 Å². The molecule has 6 aliphatic rings. The quantitative estimate of drug-likeness (QED) is 0.223. The van der Waals surface area contributed by atoms with E-state index in [0.29, 0.717) is 19.1 Å². The van der Waals surface area contributed by atoms with E-state index in [4.69, 9.17) is 19.4 Å².